The lowest BCUT2D eigenvalue weighted by Crippen LogP contribution is -2.13. The predicted octanol–water partition coefficient (Wildman–Crippen LogP) is 2.85. The van der Waals surface area contributed by atoms with Crippen LogP contribution in [0.1, 0.15) is 41.1 Å². The third-order valence-electron chi connectivity index (χ3n) is 4.20. The number of aromatic amines is 1. The van der Waals surface area contributed by atoms with E-state index >= 15 is 0 Å². The van der Waals surface area contributed by atoms with Crippen molar-refractivity contribution in [3.63, 3.8) is 0 Å². The molecule has 4 rings (SSSR count). The van der Waals surface area contributed by atoms with E-state index in [0.29, 0.717) is 11.8 Å². The molecule has 1 amide bonds. The van der Waals surface area contributed by atoms with E-state index < -0.39 is 17.8 Å². The summed E-state index contributed by atoms with van der Waals surface area (Å²) in [5.74, 6) is 1.22. The highest BCUT2D eigenvalue weighted by Crippen LogP contribution is 2.45. The Kier molecular flexibility index (Phi) is 3.31. The lowest BCUT2D eigenvalue weighted by Gasteiger charge is -2.01. The Hall–Kier alpha value is -2.91. The Balaban J connectivity index is 1.54. The van der Waals surface area contributed by atoms with Crippen LogP contribution in [0.15, 0.2) is 24.5 Å². The van der Waals surface area contributed by atoms with Gasteiger partial charge in [-0.3, -0.25) is 15.2 Å². The molecule has 0 bridgehead atoms. The minimum absolute atomic E-state index is 0.0301. The lowest BCUT2D eigenvalue weighted by atomic mass is 10.2. The van der Waals surface area contributed by atoms with Crippen LogP contribution >= 0.6 is 0 Å². The summed E-state index contributed by atoms with van der Waals surface area (Å²) in [4.78, 5) is 20.0. The van der Waals surface area contributed by atoms with Crippen molar-refractivity contribution in [2.24, 2.45) is 5.92 Å². The average Bonchev–Trinajstić information content (AvgIpc) is 2.98. The molecular weight excluding hydrogens is 337 g/mol. The van der Waals surface area contributed by atoms with E-state index in [1.165, 1.54) is 22.7 Å². The Morgan fingerprint density at radius 3 is 2.84 bits per heavy atom. The maximum Gasteiger partial charge on any atom is 0.434 e. The molecule has 3 aromatic rings. The van der Waals surface area contributed by atoms with Crippen molar-refractivity contribution in [1.29, 1.82) is 0 Å². The molecule has 130 valence electrons. The first-order valence-electron chi connectivity index (χ1n) is 7.61. The second-order valence-corrected chi connectivity index (χ2v) is 6.12. The highest BCUT2D eigenvalue weighted by atomic mass is 19.4. The van der Waals surface area contributed by atoms with Crippen LogP contribution in [-0.4, -0.2) is 30.5 Å². The van der Waals surface area contributed by atoms with E-state index in [-0.39, 0.29) is 17.2 Å². The number of amides is 1. The van der Waals surface area contributed by atoms with Crippen molar-refractivity contribution in [3.05, 3.63) is 41.6 Å². The zero-order valence-corrected chi connectivity index (χ0v) is 13.0. The van der Waals surface area contributed by atoms with E-state index in [2.05, 4.69) is 32.4 Å². The number of H-pyrrole nitrogens is 1. The van der Waals surface area contributed by atoms with Gasteiger partial charge in [0.1, 0.15) is 11.5 Å². The zero-order valence-electron chi connectivity index (χ0n) is 13.0. The van der Waals surface area contributed by atoms with Crippen LogP contribution in [0, 0.1) is 5.92 Å². The van der Waals surface area contributed by atoms with Crippen LogP contribution < -0.4 is 5.32 Å². The molecule has 1 fully saturated rings. The fourth-order valence-corrected chi connectivity index (χ4v) is 2.63. The number of hydrogen-bond acceptors (Lipinski definition) is 4. The average molecular weight is 350 g/mol. The molecule has 0 unspecified atom stereocenters. The molecule has 2 N–H and O–H groups in total. The van der Waals surface area contributed by atoms with Gasteiger partial charge in [0.05, 0.1) is 0 Å². The van der Waals surface area contributed by atoms with Crippen molar-refractivity contribution >= 4 is 17.5 Å². The quantitative estimate of drug-likeness (QED) is 0.760. The number of pyridine rings is 1. The summed E-state index contributed by atoms with van der Waals surface area (Å²) < 4.78 is 39.3. The van der Waals surface area contributed by atoms with Gasteiger partial charge in [0.2, 0.25) is 5.95 Å². The third kappa shape index (κ3) is 2.94. The molecule has 3 aromatic heterocycles. The summed E-state index contributed by atoms with van der Waals surface area (Å²) in [6.07, 6.45) is -1.29. The number of carbonyl (C=O) groups is 1. The van der Waals surface area contributed by atoms with E-state index in [1.807, 2.05) is 0 Å². The molecule has 0 radical (unpaired) electrons. The van der Waals surface area contributed by atoms with Crippen LogP contribution in [0.4, 0.5) is 19.1 Å². The Labute approximate surface area is 139 Å². The molecule has 1 saturated carbocycles. The van der Waals surface area contributed by atoms with Crippen LogP contribution in [0.25, 0.3) is 5.65 Å². The molecule has 0 aliphatic heterocycles. The molecule has 1 aliphatic carbocycles. The van der Waals surface area contributed by atoms with Gasteiger partial charge in [-0.2, -0.15) is 18.2 Å². The summed E-state index contributed by atoms with van der Waals surface area (Å²) >= 11 is 0. The fraction of sp³-hybridized carbons (Fsp3) is 0.333. The maximum absolute atomic E-state index is 12.7. The standard InChI is InChI=1S/C15H13F3N6O/c1-7-4-9(7)12-20-14(23-22-12)21-13(25)8-2-3-24-6-10(15(16,17)18)19-11(24)5-8/h2-3,5-7,9H,4H2,1H3,(H2,20,21,22,23,25)/t7-,9-/m1/s1. The first-order chi connectivity index (χ1) is 11.8. The SMILES string of the molecule is C[C@@H]1C[C@H]1c1nc(NC(=O)c2ccn3cc(C(F)(F)F)nc3c2)n[nH]1. The molecule has 25 heavy (non-hydrogen) atoms. The number of aromatic nitrogens is 5. The van der Waals surface area contributed by atoms with Crippen LogP contribution in [0.2, 0.25) is 0 Å². The number of halogens is 3. The first-order valence-corrected chi connectivity index (χ1v) is 7.61. The molecule has 1 aliphatic rings. The summed E-state index contributed by atoms with van der Waals surface area (Å²) in [6, 6.07) is 2.68. The maximum atomic E-state index is 12.7. The topological polar surface area (TPSA) is 88.0 Å². The van der Waals surface area contributed by atoms with Crippen LogP contribution in [0.3, 0.4) is 0 Å². The number of imidazole rings is 1. The third-order valence-corrected chi connectivity index (χ3v) is 4.20. The molecule has 0 saturated heterocycles. The van der Waals surface area contributed by atoms with Gasteiger partial charge < -0.3 is 4.40 Å². The van der Waals surface area contributed by atoms with Crippen LogP contribution in [-0.2, 0) is 6.18 Å². The molecule has 0 spiro atoms. The van der Waals surface area contributed by atoms with Crippen molar-refractivity contribution in [1.82, 2.24) is 24.6 Å². The zero-order chi connectivity index (χ0) is 17.8. The van der Waals surface area contributed by atoms with E-state index in [4.69, 9.17) is 0 Å². The van der Waals surface area contributed by atoms with Crippen molar-refractivity contribution in [3.8, 4) is 0 Å². The highest BCUT2D eigenvalue weighted by molar-refractivity contribution is 6.03. The number of rotatable bonds is 3. The molecule has 0 aromatic carbocycles. The summed E-state index contributed by atoms with van der Waals surface area (Å²) in [7, 11) is 0. The van der Waals surface area contributed by atoms with Gasteiger partial charge >= 0.3 is 6.18 Å². The second kappa shape index (κ2) is 5.30. The van der Waals surface area contributed by atoms with E-state index in [1.54, 1.807) is 0 Å². The molecule has 2 atom stereocenters. The fourth-order valence-electron chi connectivity index (χ4n) is 2.63. The number of anilines is 1. The van der Waals surface area contributed by atoms with E-state index in [0.717, 1.165) is 18.4 Å². The number of hydrogen-bond donors (Lipinski definition) is 2. The normalized spacial score (nSPS) is 20.0. The van der Waals surface area contributed by atoms with Crippen molar-refractivity contribution in [2.45, 2.75) is 25.4 Å². The molecular formula is C15H13F3N6O. The summed E-state index contributed by atoms with van der Waals surface area (Å²) in [5, 5.41) is 9.25. The highest BCUT2D eigenvalue weighted by Gasteiger charge is 2.37. The predicted molar refractivity (Wildman–Crippen MR) is 81.1 cm³/mol. The lowest BCUT2D eigenvalue weighted by molar-refractivity contribution is -0.140. The van der Waals surface area contributed by atoms with Gasteiger partial charge in [0, 0.05) is 23.9 Å². The second-order valence-electron chi connectivity index (χ2n) is 6.12. The number of fused-ring (bicyclic) bond motifs is 1. The smallest absolute Gasteiger partial charge is 0.306 e. The van der Waals surface area contributed by atoms with Gasteiger partial charge in [-0.1, -0.05) is 6.92 Å². The monoisotopic (exact) mass is 350 g/mol. The van der Waals surface area contributed by atoms with Crippen molar-refractivity contribution in [2.75, 3.05) is 5.32 Å². The van der Waals surface area contributed by atoms with Gasteiger partial charge in [0.25, 0.3) is 5.91 Å². The molecule has 10 heteroatoms. The van der Waals surface area contributed by atoms with Gasteiger partial charge in [-0.05, 0) is 24.5 Å². The number of alkyl halides is 3. The number of nitrogens with zero attached hydrogens (tertiary/aromatic N) is 4. The Bertz CT molecular complexity index is 960. The summed E-state index contributed by atoms with van der Waals surface area (Å²) in [6.45, 7) is 2.10. The van der Waals surface area contributed by atoms with Crippen molar-refractivity contribution < 1.29 is 18.0 Å². The number of nitrogens with one attached hydrogen (secondary N) is 2. The van der Waals surface area contributed by atoms with E-state index in [9.17, 15) is 18.0 Å². The largest absolute Gasteiger partial charge is 0.434 e. The first kappa shape index (κ1) is 15.6. The minimum atomic E-state index is -4.54. The van der Waals surface area contributed by atoms with Gasteiger partial charge in [-0.15, -0.1) is 5.10 Å². The Morgan fingerprint density at radius 1 is 1.40 bits per heavy atom. The Morgan fingerprint density at radius 2 is 2.16 bits per heavy atom. The van der Waals surface area contributed by atoms with Gasteiger partial charge in [0.15, 0.2) is 5.69 Å². The minimum Gasteiger partial charge on any atom is -0.306 e. The molecule has 7 nitrogen and oxygen atoms in total. The summed E-state index contributed by atoms with van der Waals surface area (Å²) in [5.41, 5.74) is -0.817. The number of carbonyl (C=O) groups excluding carboxylic acids is 1. The molecule has 3 heterocycles. The van der Waals surface area contributed by atoms with Gasteiger partial charge in [-0.25, -0.2) is 4.98 Å². The van der Waals surface area contributed by atoms with Crippen LogP contribution in [0.5, 0.6) is 0 Å².